The van der Waals surface area contributed by atoms with Crippen molar-refractivity contribution in [3.05, 3.63) is 200 Å². The van der Waals surface area contributed by atoms with Crippen molar-refractivity contribution in [2.24, 2.45) is 0 Å². The largest absolute Gasteiger partial charge is 0.435 e. The van der Waals surface area contributed by atoms with Crippen molar-refractivity contribution in [2.75, 3.05) is 9.80 Å². The maximum Gasteiger partial charge on any atom is 0.227 e. The van der Waals surface area contributed by atoms with Crippen LogP contribution >= 0.6 is 11.3 Å². The molecule has 2 heterocycles. The highest BCUT2D eigenvalue weighted by molar-refractivity contribution is 7.26. The summed E-state index contributed by atoms with van der Waals surface area (Å²) in [6.07, 6.45) is 0. The monoisotopic (exact) mass is 735 g/mol. The lowest BCUT2D eigenvalue weighted by Crippen LogP contribution is -2.14. The van der Waals surface area contributed by atoms with Gasteiger partial charge < -0.3 is 14.2 Å². The zero-order valence-electron chi connectivity index (χ0n) is 30.2. The topological polar surface area (TPSA) is 32.5 Å². The number of hydrogen-bond donors (Lipinski definition) is 0. The van der Waals surface area contributed by atoms with Gasteiger partial charge in [0, 0.05) is 43.8 Å². The molecule has 0 radical (unpaired) electrons. The summed E-state index contributed by atoms with van der Waals surface area (Å²) in [6.45, 7) is 0. The summed E-state index contributed by atoms with van der Waals surface area (Å²) in [7, 11) is 0. The molecule has 0 aliphatic carbocycles. The average Bonchev–Trinajstić information content (AvgIpc) is 3.88. The van der Waals surface area contributed by atoms with E-state index in [0.29, 0.717) is 5.89 Å². The lowest BCUT2D eigenvalue weighted by molar-refractivity contribution is 0.623. The first kappa shape index (κ1) is 32.2. The molecule has 0 atom stereocenters. The molecule has 11 rings (SSSR count). The number of para-hydroxylation sites is 2. The molecule has 0 aliphatic rings. The smallest absolute Gasteiger partial charge is 0.227 e. The fraction of sp³-hybridized carbons (Fsp3) is 0. The maximum absolute atomic E-state index is 6.81. The molecule has 0 spiro atoms. The van der Waals surface area contributed by atoms with E-state index in [9.17, 15) is 0 Å². The van der Waals surface area contributed by atoms with E-state index in [-0.39, 0.29) is 0 Å². The summed E-state index contributed by atoms with van der Waals surface area (Å²) in [5, 5.41) is 6.93. The second kappa shape index (κ2) is 13.3. The van der Waals surface area contributed by atoms with Crippen LogP contribution in [-0.2, 0) is 0 Å². The number of rotatable bonds is 7. The van der Waals surface area contributed by atoms with Gasteiger partial charge in [-0.3, -0.25) is 0 Å². The van der Waals surface area contributed by atoms with Crippen LogP contribution < -0.4 is 9.80 Å². The molecule has 5 heteroatoms. The van der Waals surface area contributed by atoms with Gasteiger partial charge in [-0.2, -0.15) is 0 Å². The third-order valence-electron chi connectivity index (χ3n) is 10.6. The number of anilines is 6. The standard InChI is InChI=1S/C51H33N3OS/c1-4-16-35(17-5-1)51-52-44-30-28-37-32-41(54(39-21-8-3-9-22-39)45-25-14-24-43-42-23-12-13-26-47(42)56-50(43)45)33-46(48(37)49(44)55-51)53(38-19-6-2-7-20-38)40-29-27-34-15-10-11-18-36(34)31-40/h1-33H. The van der Waals surface area contributed by atoms with Gasteiger partial charge in [-0.15, -0.1) is 11.3 Å². The van der Waals surface area contributed by atoms with Gasteiger partial charge in [-0.1, -0.05) is 121 Å². The average molecular weight is 736 g/mol. The Morgan fingerprint density at radius 2 is 1.05 bits per heavy atom. The van der Waals surface area contributed by atoms with Crippen molar-refractivity contribution in [2.45, 2.75) is 0 Å². The first-order valence-corrected chi connectivity index (χ1v) is 19.6. The van der Waals surface area contributed by atoms with Crippen LogP contribution in [0.25, 0.3) is 64.3 Å². The highest BCUT2D eigenvalue weighted by Gasteiger charge is 2.25. The number of hydrogen-bond acceptors (Lipinski definition) is 5. The molecule has 264 valence electrons. The van der Waals surface area contributed by atoms with Crippen LogP contribution in [0.1, 0.15) is 0 Å². The van der Waals surface area contributed by atoms with Crippen LogP contribution in [0.2, 0.25) is 0 Å². The number of nitrogens with zero attached hydrogens (tertiary/aromatic N) is 3. The molecule has 0 fully saturated rings. The van der Waals surface area contributed by atoms with Gasteiger partial charge in [0.25, 0.3) is 0 Å². The lowest BCUT2D eigenvalue weighted by Gasteiger charge is -2.31. The lowest BCUT2D eigenvalue weighted by atomic mass is 10.0. The molecule has 0 saturated carbocycles. The Hall–Kier alpha value is -7.21. The summed E-state index contributed by atoms with van der Waals surface area (Å²) >= 11 is 1.84. The Labute approximate surface area is 327 Å². The van der Waals surface area contributed by atoms with E-state index in [4.69, 9.17) is 9.40 Å². The molecular formula is C51H33N3OS. The van der Waals surface area contributed by atoms with E-state index in [2.05, 4.69) is 180 Å². The van der Waals surface area contributed by atoms with Gasteiger partial charge >= 0.3 is 0 Å². The normalized spacial score (nSPS) is 11.6. The second-order valence-electron chi connectivity index (χ2n) is 14.0. The minimum absolute atomic E-state index is 0.599. The fourth-order valence-electron chi connectivity index (χ4n) is 8.05. The molecule has 11 aromatic rings. The molecular weight excluding hydrogens is 703 g/mol. The molecule has 0 saturated heterocycles. The SMILES string of the molecule is c1ccc(-c2nc3ccc4cc(N(c5ccccc5)c5cccc6c5sc5ccccc56)cc(N(c5ccccc5)c5ccc6ccccc6c5)c4c3o2)cc1. The minimum Gasteiger partial charge on any atom is -0.435 e. The van der Waals surface area contributed by atoms with Crippen LogP contribution in [-0.4, -0.2) is 4.98 Å². The summed E-state index contributed by atoms with van der Waals surface area (Å²) in [6, 6.07) is 71.0. The first-order valence-electron chi connectivity index (χ1n) is 18.8. The summed E-state index contributed by atoms with van der Waals surface area (Å²) in [5.74, 6) is 0.599. The molecule has 0 unspecified atom stereocenters. The van der Waals surface area contributed by atoms with E-state index in [1.807, 2.05) is 41.7 Å². The predicted molar refractivity (Wildman–Crippen MR) is 237 cm³/mol. The quantitative estimate of drug-likeness (QED) is 0.163. The highest BCUT2D eigenvalue weighted by atomic mass is 32.1. The maximum atomic E-state index is 6.81. The predicted octanol–water partition coefficient (Wildman–Crippen LogP) is 15.1. The molecule has 56 heavy (non-hydrogen) atoms. The number of oxazole rings is 1. The van der Waals surface area contributed by atoms with Gasteiger partial charge in [-0.25, -0.2) is 4.98 Å². The fourth-order valence-corrected chi connectivity index (χ4v) is 9.25. The molecule has 0 aliphatic heterocycles. The summed E-state index contributed by atoms with van der Waals surface area (Å²) in [5.41, 5.74) is 8.82. The zero-order valence-corrected chi connectivity index (χ0v) is 31.0. The van der Waals surface area contributed by atoms with Crippen LogP contribution in [0.3, 0.4) is 0 Å². The van der Waals surface area contributed by atoms with Gasteiger partial charge in [0.2, 0.25) is 5.89 Å². The van der Waals surface area contributed by atoms with Crippen molar-refractivity contribution < 1.29 is 4.42 Å². The van der Waals surface area contributed by atoms with Gasteiger partial charge in [0.1, 0.15) is 5.52 Å². The molecule has 2 aromatic heterocycles. The van der Waals surface area contributed by atoms with Crippen molar-refractivity contribution in [1.29, 1.82) is 0 Å². The Balaban J connectivity index is 1.24. The number of benzene rings is 9. The molecule has 4 nitrogen and oxygen atoms in total. The number of thiophene rings is 1. The second-order valence-corrected chi connectivity index (χ2v) is 15.0. The Bertz CT molecular complexity index is 3210. The van der Waals surface area contributed by atoms with E-state index in [0.717, 1.165) is 61.6 Å². The van der Waals surface area contributed by atoms with E-state index in [1.165, 1.54) is 30.9 Å². The van der Waals surface area contributed by atoms with Crippen molar-refractivity contribution in [3.63, 3.8) is 0 Å². The Morgan fingerprint density at radius 3 is 1.84 bits per heavy atom. The molecule has 0 N–H and O–H groups in total. The van der Waals surface area contributed by atoms with Crippen molar-refractivity contribution >= 4 is 98.3 Å². The van der Waals surface area contributed by atoms with Crippen LogP contribution in [0.4, 0.5) is 34.1 Å². The van der Waals surface area contributed by atoms with Crippen LogP contribution in [0.5, 0.6) is 0 Å². The Morgan fingerprint density at radius 1 is 0.429 bits per heavy atom. The van der Waals surface area contributed by atoms with Crippen LogP contribution in [0.15, 0.2) is 205 Å². The number of aromatic nitrogens is 1. The number of fused-ring (bicyclic) bond motifs is 7. The molecule has 9 aromatic carbocycles. The highest BCUT2D eigenvalue weighted by Crippen LogP contribution is 2.49. The summed E-state index contributed by atoms with van der Waals surface area (Å²) in [4.78, 5) is 9.81. The first-order chi connectivity index (χ1) is 27.8. The summed E-state index contributed by atoms with van der Waals surface area (Å²) < 4.78 is 9.33. The molecule has 0 bridgehead atoms. The van der Waals surface area contributed by atoms with Gasteiger partial charge in [0.15, 0.2) is 5.58 Å². The van der Waals surface area contributed by atoms with Crippen LogP contribution in [0, 0.1) is 0 Å². The van der Waals surface area contributed by atoms with E-state index >= 15 is 0 Å². The van der Waals surface area contributed by atoms with E-state index in [1.54, 1.807) is 0 Å². The van der Waals surface area contributed by atoms with Crippen molar-refractivity contribution in [3.8, 4) is 11.5 Å². The minimum atomic E-state index is 0.599. The third-order valence-corrected chi connectivity index (χ3v) is 11.8. The third kappa shape index (κ3) is 5.40. The van der Waals surface area contributed by atoms with E-state index < -0.39 is 0 Å². The Kier molecular flexibility index (Phi) is 7.64. The molecule has 0 amide bonds. The van der Waals surface area contributed by atoms with Gasteiger partial charge in [0.05, 0.1) is 21.5 Å². The van der Waals surface area contributed by atoms with Gasteiger partial charge in [-0.05, 0) is 95.0 Å². The van der Waals surface area contributed by atoms with Crippen molar-refractivity contribution in [1.82, 2.24) is 4.98 Å². The zero-order chi connectivity index (χ0) is 37.0.